The minimum Gasteiger partial charge on any atom is -0.358 e. The molecule has 1 aromatic carbocycles. The number of carbonyl (C=O) groups is 1. The summed E-state index contributed by atoms with van der Waals surface area (Å²) in [5, 5.41) is 5.71. The van der Waals surface area contributed by atoms with E-state index in [2.05, 4.69) is 59.6 Å². The monoisotopic (exact) mass is 363 g/mol. The van der Waals surface area contributed by atoms with Crippen molar-refractivity contribution in [3.05, 3.63) is 57.2 Å². The Morgan fingerprint density at radius 3 is 2.85 bits per heavy atom. The molecule has 0 saturated heterocycles. The molecule has 0 fully saturated rings. The Morgan fingerprint density at radius 1 is 1.23 bits per heavy atom. The summed E-state index contributed by atoms with van der Waals surface area (Å²) in [5.74, 6) is 0.233. The lowest BCUT2D eigenvalue weighted by Crippen LogP contribution is -2.33. The summed E-state index contributed by atoms with van der Waals surface area (Å²) >= 11 is 1.74. The molecule has 0 spiro atoms. The average Bonchev–Trinajstić information content (AvgIpc) is 3.20. The van der Waals surface area contributed by atoms with Crippen LogP contribution >= 0.6 is 11.3 Å². The van der Waals surface area contributed by atoms with Gasteiger partial charge in [0, 0.05) is 33.8 Å². The number of hydrogen-bond acceptors (Lipinski definition) is 4. The van der Waals surface area contributed by atoms with E-state index in [1.165, 1.54) is 10.4 Å². The maximum absolute atomic E-state index is 13.2. The van der Waals surface area contributed by atoms with Crippen LogP contribution in [0.3, 0.4) is 0 Å². The van der Waals surface area contributed by atoms with Crippen molar-refractivity contribution < 1.29 is 4.79 Å². The van der Waals surface area contributed by atoms with Gasteiger partial charge in [-0.2, -0.15) is 0 Å². The van der Waals surface area contributed by atoms with Gasteiger partial charge in [0.1, 0.15) is 0 Å². The molecule has 4 nitrogen and oxygen atoms in total. The zero-order valence-electron chi connectivity index (χ0n) is 15.1. The number of aryl methyl sites for hydroxylation is 1. The number of benzene rings is 1. The molecule has 1 atom stereocenters. The first-order chi connectivity index (χ1) is 12.4. The molecule has 3 aromatic rings. The van der Waals surface area contributed by atoms with Crippen molar-refractivity contribution in [1.82, 2.24) is 9.97 Å². The van der Waals surface area contributed by atoms with E-state index < -0.39 is 0 Å². The Balaban J connectivity index is 1.83. The third kappa shape index (κ3) is 2.20. The van der Waals surface area contributed by atoms with Crippen LogP contribution in [0.1, 0.15) is 48.6 Å². The number of fused-ring (bicyclic) bond motifs is 3. The molecule has 3 heterocycles. The van der Waals surface area contributed by atoms with Crippen LogP contribution in [0.25, 0.3) is 11.0 Å². The minimum atomic E-state index is -0.0307. The smallest absolute Gasteiger partial charge is 0.162 e. The molecule has 0 saturated carbocycles. The number of carbonyl (C=O) groups excluding carboxylic acids is 1. The number of ketones is 1. The van der Waals surface area contributed by atoms with Crippen LogP contribution in [-0.2, 0) is 4.79 Å². The molecule has 132 valence electrons. The Bertz CT molecular complexity index is 1090. The highest BCUT2D eigenvalue weighted by Crippen LogP contribution is 2.51. The first-order valence-corrected chi connectivity index (χ1v) is 9.86. The van der Waals surface area contributed by atoms with Gasteiger partial charge in [0.05, 0.1) is 23.3 Å². The summed E-state index contributed by atoms with van der Waals surface area (Å²) in [7, 11) is 0. The van der Waals surface area contributed by atoms with Gasteiger partial charge >= 0.3 is 0 Å². The maximum Gasteiger partial charge on any atom is 0.162 e. The number of hydrogen-bond donors (Lipinski definition) is 2. The van der Waals surface area contributed by atoms with Gasteiger partial charge in [-0.15, -0.1) is 11.3 Å². The molecular formula is C21H21N3OS. The van der Waals surface area contributed by atoms with Gasteiger partial charge in [0.15, 0.2) is 5.78 Å². The summed E-state index contributed by atoms with van der Waals surface area (Å²) in [6.45, 7) is 6.48. The Morgan fingerprint density at radius 2 is 2.08 bits per heavy atom. The van der Waals surface area contributed by atoms with Crippen molar-refractivity contribution in [1.29, 1.82) is 0 Å². The van der Waals surface area contributed by atoms with Crippen LogP contribution in [0.15, 0.2) is 41.2 Å². The Hall–Kier alpha value is -2.40. The number of aromatic nitrogens is 2. The van der Waals surface area contributed by atoms with Crippen LogP contribution < -0.4 is 5.32 Å². The minimum absolute atomic E-state index is 0.00804. The van der Waals surface area contributed by atoms with Gasteiger partial charge in [-0.3, -0.25) is 4.79 Å². The number of Topliss-reactive ketones (excluding diaryl/α,β-unsaturated/α-hetero) is 1. The van der Waals surface area contributed by atoms with Crippen molar-refractivity contribution in [3.63, 3.8) is 0 Å². The van der Waals surface area contributed by atoms with Crippen molar-refractivity contribution >= 4 is 33.8 Å². The van der Waals surface area contributed by atoms with Crippen molar-refractivity contribution in [2.45, 2.75) is 39.5 Å². The Kier molecular flexibility index (Phi) is 3.23. The van der Waals surface area contributed by atoms with Gasteiger partial charge in [0.2, 0.25) is 0 Å². The fraction of sp³-hybridized carbons (Fsp3) is 0.333. The number of anilines is 1. The summed E-state index contributed by atoms with van der Waals surface area (Å²) in [5.41, 5.74) is 7.43. The lowest BCUT2D eigenvalue weighted by atomic mass is 9.69. The maximum atomic E-state index is 13.2. The van der Waals surface area contributed by atoms with E-state index in [-0.39, 0.29) is 17.1 Å². The fourth-order valence-electron chi connectivity index (χ4n) is 4.46. The number of rotatable bonds is 1. The number of nitrogens with zero attached hydrogens (tertiary/aromatic N) is 1. The summed E-state index contributed by atoms with van der Waals surface area (Å²) in [6.07, 6.45) is 3.23. The van der Waals surface area contributed by atoms with E-state index in [0.29, 0.717) is 6.42 Å². The molecule has 1 aliphatic carbocycles. The largest absolute Gasteiger partial charge is 0.358 e. The second-order valence-electron chi connectivity index (χ2n) is 8.18. The third-order valence-corrected chi connectivity index (χ3v) is 6.66. The molecule has 1 aliphatic heterocycles. The standard InChI is InChI=1S/C21H21N3OS/c1-11-6-7-26-20(11)18-16-14(8-21(2,3)9-15(16)25)24-12-4-5-13-19(17(12)18)23-10-22-13/h4-7,10,18,24H,8-9H2,1-3H3,(H,22,23). The van der Waals surface area contributed by atoms with Gasteiger partial charge in [-0.25, -0.2) is 4.98 Å². The zero-order valence-corrected chi connectivity index (χ0v) is 16.0. The summed E-state index contributed by atoms with van der Waals surface area (Å²) in [4.78, 5) is 22.3. The molecule has 5 rings (SSSR count). The van der Waals surface area contributed by atoms with E-state index in [1.54, 1.807) is 17.7 Å². The number of aromatic amines is 1. The normalized spacial score (nSPS) is 21.5. The predicted molar refractivity (Wildman–Crippen MR) is 106 cm³/mol. The topological polar surface area (TPSA) is 57.8 Å². The second kappa shape index (κ2) is 5.30. The van der Waals surface area contributed by atoms with Crippen molar-refractivity contribution in [3.8, 4) is 0 Å². The summed E-state index contributed by atoms with van der Waals surface area (Å²) < 4.78 is 0. The summed E-state index contributed by atoms with van der Waals surface area (Å²) in [6, 6.07) is 6.32. The van der Waals surface area contributed by atoms with Crippen LogP contribution in [0.4, 0.5) is 5.69 Å². The van der Waals surface area contributed by atoms with Crippen LogP contribution in [0, 0.1) is 12.3 Å². The lowest BCUT2D eigenvalue weighted by molar-refractivity contribution is -0.118. The van der Waals surface area contributed by atoms with E-state index in [0.717, 1.165) is 40.0 Å². The van der Waals surface area contributed by atoms with Crippen LogP contribution in [0.2, 0.25) is 0 Å². The van der Waals surface area contributed by atoms with Crippen LogP contribution in [0.5, 0.6) is 0 Å². The number of allylic oxidation sites excluding steroid dienone is 2. The SMILES string of the molecule is Cc1ccsc1C1C2=C(CC(C)(C)CC2=O)Nc2ccc3[nH]cnc3c21. The lowest BCUT2D eigenvalue weighted by Gasteiger charge is -2.39. The van der Waals surface area contributed by atoms with E-state index >= 15 is 0 Å². The zero-order chi connectivity index (χ0) is 18.1. The first kappa shape index (κ1) is 15.8. The quantitative estimate of drug-likeness (QED) is 0.630. The van der Waals surface area contributed by atoms with E-state index in [1.807, 2.05) is 0 Å². The van der Waals surface area contributed by atoms with Gasteiger partial charge in [-0.05, 0) is 47.9 Å². The molecule has 2 aliphatic rings. The molecule has 26 heavy (non-hydrogen) atoms. The van der Waals surface area contributed by atoms with Crippen molar-refractivity contribution in [2.24, 2.45) is 5.41 Å². The van der Waals surface area contributed by atoms with Gasteiger partial charge in [-0.1, -0.05) is 13.8 Å². The number of thiophene rings is 1. The predicted octanol–water partition coefficient (Wildman–Crippen LogP) is 5.13. The highest BCUT2D eigenvalue weighted by atomic mass is 32.1. The Labute approximate surface area is 156 Å². The molecule has 0 amide bonds. The number of H-pyrrole nitrogens is 1. The molecule has 1 unspecified atom stereocenters. The van der Waals surface area contributed by atoms with Gasteiger partial charge < -0.3 is 10.3 Å². The van der Waals surface area contributed by atoms with Crippen LogP contribution in [-0.4, -0.2) is 15.8 Å². The third-order valence-electron chi connectivity index (χ3n) is 5.58. The highest BCUT2D eigenvalue weighted by Gasteiger charge is 2.42. The number of nitrogens with one attached hydrogen (secondary N) is 2. The van der Waals surface area contributed by atoms with Crippen molar-refractivity contribution in [2.75, 3.05) is 5.32 Å². The first-order valence-electron chi connectivity index (χ1n) is 8.98. The van der Waals surface area contributed by atoms with E-state index in [9.17, 15) is 4.79 Å². The second-order valence-corrected chi connectivity index (χ2v) is 9.13. The molecule has 2 N–H and O–H groups in total. The molecule has 0 bridgehead atoms. The van der Waals surface area contributed by atoms with E-state index in [4.69, 9.17) is 0 Å². The average molecular weight is 363 g/mol. The molecule has 5 heteroatoms. The highest BCUT2D eigenvalue weighted by molar-refractivity contribution is 7.10. The van der Waals surface area contributed by atoms with Gasteiger partial charge in [0.25, 0.3) is 0 Å². The number of imidazole rings is 1. The molecular weight excluding hydrogens is 342 g/mol. The fourth-order valence-corrected chi connectivity index (χ4v) is 5.51. The molecule has 2 aromatic heterocycles. The molecule has 0 radical (unpaired) electrons.